The Balaban J connectivity index is 2.38. The molecule has 2 aliphatic rings. The number of hydrogen-bond donors (Lipinski definition) is 5. The number of carbonyl (C=O) groups is 4. The lowest BCUT2D eigenvalue weighted by atomic mass is 9.88. The van der Waals surface area contributed by atoms with E-state index in [-0.39, 0.29) is 50.4 Å². The molecule has 0 bridgehead atoms. The van der Waals surface area contributed by atoms with Crippen LogP contribution in [0.25, 0.3) is 0 Å². The number of carbonyl (C=O) groups excluding carboxylic acids is 4. The number of amides is 2. The second-order valence-corrected chi connectivity index (χ2v) is 24.2. The third kappa shape index (κ3) is 38.9. The van der Waals surface area contributed by atoms with Crippen molar-refractivity contribution >= 4 is 31.7 Å². The zero-order chi connectivity index (χ0) is 65.0. The van der Waals surface area contributed by atoms with Crippen LogP contribution in [0.4, 0.5) is 0 Å². The molecule has 5 N–H and O–H groups in total. The number of aliphatic hydroxyl groups excluding tert-OH is 1. The normalized spacial score (nSPS) is 21.4. The molecule has 0 aliphatic carbocycles. The molecule has 0 radical (unpaired) electrons. The molecule has 0 saturated carbocycles. The van der Waals surface area contributed by atoms with Gasteiger partial charge in [-0.15, -0.1) is 6.42 Å². The fourth-order valence-corrected chi connectivity index (χ4v) is 11.0. The zero-order valence-electron chi connectivity index (χ0n) is 54.1. The van der Waals surface area contributed by atoms with E-state index < -0.39 is 87.7 Å². The number of hydrogen-bond acceptors (Lipinski definition) is 13. The quantitative estimate of drug-likeness (QED) is 0.00952. The van der Waals surface area contributed by atoms with Gasteiger partial charge < -0.3 is 58.7 Å². The molecule has 0 aromatic heterocycles. The second-order valence-electron chi connectivity index (χ2n) is 23.0. The van der Waals surface area contributed by atoms with E-state index in [1.54, 1.807) is 0 Å². The Kier molecular flexibility index (Phi) is 47.0. The van der Waals surface area contributed by atoms with E-state index in [0.717, 1.165) is 128 Å². The highest BCUT2D eigenvalue weighted by molar-refractivity contribution is 7.46. The zero-order valence-corrected chi connectivity index (χ0v) is 55.0. The van der Waals surface area contributed by atoms with E-state index >= 15 is 0 Å². The standard InChI is InChI=1S/C71H105N2O15P/c1-7-11-15-19-22-25-27-29-30-32-34-36-38-42-46-50-63(76)72-65-68(84-53-51-59(55-74)48-44-40-18-14-10-4)58(5)61(56-82-6)86-70(65)85-57-62-67(78)69(83-52-47-43-39-24-21-17-13-9-3)66(71(87-62)88-89(79,80)81)73-64(77)54-60(75)49-45-41-37-35-33-31-28-26-23-20-16-12-8-2/h2,25,27,55,58-59,61-62,65-71,78H,7,9-11,13-15,17-19,21-22,24,29-30,32,34,36,38-40,42-44,46-54,56-57H2,1,3-6H3,(H,72,76)(H,73,77)(H2,79,80,81)/b27-25-/t58-,59-,61-,62-,65-,66?,67-,68+,69-,70-,71-/m1/s1. The van der Waals surface area contributed by atoms with Crippen LogP contribution in [0.1, 0.15) is 227 Å². The second kappa shape index (κ2) is 52.4. The summed E-state index contributed by atoms with van der Waals surface area (Å²) >= 11 is 0. The lowest BCUT2D eigenvalue weighted by Crippen LogP contribution is -2.66. The minimum atomic E-state index is -5.38. The van der Waals surface area contributed by atoms with Gasteiger partial charge in [-0.3, -0.25) is 18.9 Å². The molecule has 89 heavy (non-hydrogen) atoms. The Labute approximate surface area is 534 Å². The molecule has 2 saturated heterocycles. The molecule has 0 spiro atoms. The number of aliphatic hydroxyl groups is 1. The van der Waals surface area contributed by atoms with Crippen LogP contribution in [0.15, 0.2) is 12.2 Å². The topological polar surface area (TPSA) is 235 Å². The summed E-state index contributed by atoms with van der Waals surface area (Å²) in [6.45, 7) is 8.41. The molecule has 18 heteroatoms. The van der Waals surface area contributed by atoms with Crippen molar-refractivity contribution in [3.63, 3.8) is 0 Å². The van der Waals surface area contributed by atoms with E-state index in [9.17, 15) is 38.6 Å². The number of allylic oxidation sites excluding steroid dienone is 2. The number of terminal acetylenes is 1. The number of nitrogens with one attached hydrogen (secondary N) is 2. The number of Topliss-reactive ketones (excluding diaryl/α,β-unsaturated/α-hetero) is 1. The number of unbranched alkanes of at least 4 members (excludes halogenated alkanes) is 22. The molecule has 494 valence electrons. The average molecular weight is 1260 g/mol. The summed E-state index contributed by atoms with van der Waals surface area (Å²) in [4.78, 5) is 73.3. The van der Waals surface area contributed by atoms with Gasteiger partial charge in [-0.2, -0.15) is 0 Å². The third-order valence-corrected chi connectivity index (χ3v) is 15.9. The monoisotopic (exact) mass is 1260 g/mol. The van der Waals surface area contributed by atoms with E-state index in [1.807, 2.05) is 6.92 Å². The molecule has 0 aromatic rings. The average Bonchev–Trinajstić information content (AvgIpc) is 0.987. The number of ether oxygens (including phenoxy) is 6. The van der Waals surface area contributed by atoms with Gasteiger partial charge in [-0.05, 0) is 122 Å². The molecule has 17 nitrogen and oxygen atoms in total. The summed E-state index contributed by atoms with van der Waals surface area (Å²) in [7, 11) is -3.85. The Morgan fingerprint density at radius 1 is 0.584 bits per heavy atom. The van der Waals surface area contributed by atoms with Gasteiger partial charge in [-0.25, -0.2) is 4.57 Å². The summed E-state index contributed by atoms with van der Waals surface area (Å²) < 4.78 is 55.6. The molecular formula is C71H105N2O15P. The highest BCUT2D eigenvalue weighted by atomic mass is 31.2. The van der Waals surface area contributed by atoms with Crippen LogP contribution in [-0.4, -0.2) is 127 Å². The van der Waals surface area contributed by atoms with Crippen LogP contribution >= 0.6 is 7.82 Å². The van der Waals surface area contributed by atoms with Gasteiger partial charge in [0.1, 0.15) is 36.7 Å². The van der Waals surface area contributed by atoms with E-state index in [4.69, 9.17) is 39.4 Å². The Morgan fingerprint density at radius 3 is 1.65 bits per heavy atom. The van der Waals surface area contributed by atoms with Crippen LogP contribution in [0.3, 0.4) is 0 Å². The number of phosphoric acid groups is 1. The fourth-order valence-electron chi connectivity index (χ4n) is 10.5. The summed E-state index contributed by atoms with van der Waals surface area (Å²) in [6.07, 6.45) is 29.7. The predicted molar refractivity (Wildman–Crippen MR) is 346 cm³/mol. The van der Waals surface area contributed by atoms with Crippen LogP contribution in [0, 0.1) is 95.2 Å². The Hall–Kier alpha value is -5.23. The molecule has 2 aliphatic heterocycles. The first-order valence-electron chi connectivity index (χ1n) is 32.9. The first-order chi connectivity index (χ1) is 43.2. The first-order valence-corrected chi connectivity index (χ1v) is 34.5. The van der Waals surface area contributed by atoms with Crippen LogP contribution in [-0.2, 0) is 56.7 Å². The van der Waals surface area contributed by atoms with Gasteiger partial charge in [0.05, 0.1) is 38.3 Å². The fraction of sp³-hybridized carbons (Fsp3) is 0.718. The molecular weight excluding hydrogens is 1150 g/mol. The first kappa shape index (κ1) is 79.9. The molecule has 2 heterocycles. The molecule has 0 aromatic carbocycles. The summed E-state index contributed by atoms with van der Waals surface area (Å²) in [5.41, 5.74) is 0. The number of phosphoric ester groups is 1. The van der Waals surface area contributed by atoms with Crippen molar-refractivity contribution in [2.45, 2.75) is 282 Å². The van der Waals surface area contributed by atoms with Crippen molar-refractivity contribution in [2.75, 3.05) is 33.5 Å². The van der Waals surface area contributed by atoms with Crippen LogP contribution < -0.4 is 10.6 Å². The van der Waals surface area contributed by atoms with Crippen LogP contribution in [0.2, 0.25) is 0 Å². The summed E-state index contributed by atoms with van der Waals surface area (Å²) in [5, 5.41) is 17.9. The van der Waals surface area contributed by atoms with Crippen molar-refractivity contribution in [2.24, 2.45) is 11.8 Å². The Morgan fingerprint density at radius 2 is 1.08 bits per heavy atom. The van der Waals surface area contributed by atoms with E-state index in [1.165, 1.54) is 45.6 Å². The van der Waals surface area contributed by atoms with E-state index in [0.29, 0.717) is 19.3 Å². The highest BCUT2D eigenvalue weighted by Crippen LogP contribution is 2.41. The molecule has 1 unspecified atom stereocenters. The van der Waals surface area contributed by atoms with Crippen molar-refractivity contribution in [3.8, 4) is 83.4 Å². The number of aldehydes is 1. The van der Waals surface area contributed by atoms with Gasteiger partial charge in [0.15, 0.2) is 18.4 Å². The smallest absolute Gasteiger partial charge is 0.388 e. The van der Waals surface area contributed by atoms with Crippen molar-refractivity contribution < 1.29 is 71.6 Å². The minimum Gasteiger partial charge on any atom is -0.388 e. The summed E-state index contributed by atoms with van der Waals surface area (Å²) in [6, 6.07) is -2.46. The maximum Gasteiger partial charge on any atom is 0.472 e. The largest absolute Gasteiger partial charge is 0.472 e. The number of ketones is 1. The Bertz CT molecular complexity index is 2530. The van der Waals surface area contributed by atoms with Crippen molar-refractivity contribution in [3.05, 3.63) is 12.2 Å². The maximum absolute atomic E-state index is 14.0. The lowest BCUT2D eigenvalue weighted by Gasteiger charge is -2.47. The van der Waals surface area contributed by atoms with Gasteiger partial charge in [0.2, 0.25) is 11.8 Å². The SMILES string of the molecule is C#CC#CC#CC#CC#CC#CC#CCC(=O)CC(=O)NC1[C@@H](OP(=O)(O)O)O[C@H](CO[C@@H]2O[C@H](COC)[C@@H](C)[C@H](OCC[C@H](C=O)CCCCCCC)[C@H]2NC(=O)CCCCCCCCC/C=C\CCCCCC)[C@@H](O)[C@@H]1OCCCCCCCCCC. The maximum atomic E-state index is 14.0. The van der Waals surface area contributed by atoms with Gasteiger partial charge >= 0.3 is 7.82 Å². The molecule has 11 atom stereocenters. The highest BCUT2D eigenvalue weighted by Gasteiger charge is 2.51. The lowest BCUT2D eigenvalue weighted by molar-refractivity contribution is -0.295. The predicted octanol–water partition coefficient (Wildman–Crippen LogP) is 10.7. The summed E-state index contributed by atoms with van der Waals surface area (Å²) in [5.74, 6) is 29.3. The van der Waals surface area contributed by atoms with E-state index in [2.05, 4.69) is 121 Å². The van der Waals surface area contributed by atoms with Crippen molar-refractivity contribution in [1.29, 1.82) is 0 Å². The molecule has 2 amide bonds. The van der Waals surface area contributed by atoms with Gasteiger partial charge in [0.25, 0.3) is 0 Å². The third-order valence-electron chi connectivity index (χ3n) is 15.5. The van der Waals surface area contributed by atoms with Crippen molar-refractivity contribution in [1.82, 2.24) is 10.6 Å². The van der Waals surface area contributed by atoms with Gasteiger partial charge in [-0.1, -0.05) is 174 Å². The molecule has 2 fully saturated rings. The molecule has 2 rings (SSSR count). The number of methoxy groups -OCH3 is 1. The number of rotatable bonds is 48. The minimum absolute atomic E-state index is 0.0820. The van der Waals surface area contributed by atoms with Crippen LogP contribution in [0.5, 0.6) is 0 Å². The van der Waals surface area contributed by atoms with Gasteiger partial charge in [0, 0.05) is 38.6 Å².